The highest BCUT2D eigenvalue weighted by atomic mass is 16.3. The Labute approximate surface area is 138 Å². The summed E-state index contributed by atoms with van der Waals surface area (Å²) in [6, 6.07) is 12.5. The molecule has 0 aliphatic heterocycles. The van der Waals surface area contributed by atoms with E-state index in [0.29, 0.717) is 11.4 Å². The van der Waals surface area contributed by atoms with Crippen molar-refractivity contribution in [1.82, 2.24) is 15.6 Å². The van der Waals surface area contributed by atoms with Gasteiger partial charge in [-0.25, -0.2) is 4.79 Å². The van der Waals surface area contributed by atoms with Gasteiger partial charge in [0.1, 0.15) is 5.76 Å². The lowest BCUT2D eigenvalue weighted by Gasteiger charge is -2.08. The predicted molar refractivity (Wildman–Crippen MR) is 89.3 cm³/mol. The van der Waals surface area contributed by atoms with Crippen LogP contribution >= 0.6 is 0 Å². The summed E-state index contributed by atoms with van der Waals surface area (Å²) in [5.41, 5.74) is 1.43. The van der Waals surface area contributed by atoms with Crippen LogP contribution in [0.15, 0.2) is 59.3 Å². The van der Waals surface area contributed by atoms with Gasteiger partial charge in [0.15, 0.2) is 0 Å². The van der Waals surface area contributed by atoms with Gasteiger partial charge in [-0.1, -0.05) is 18.2 Å². The van der Waals surface area contributed by atoms with E-state index < -0.39 is 6.03 Å². The van der Waals surface area contributed by atoms with Gasteiger partial charge in [0, 0.05) is 5.39 Å². The number of carbonyl (C=O) groups is 2. The first kappa shape index (κ1) is 15.5. The van der Waals surface area contributed by atoms with Crippen LogP contribution in [0, 0.1) is 0 Å². The molecule has 3 amide bonds. The number of anilines is 1. The molecular formula is C17H16N4O3. The molecule has 0 fully saturated rings. The first-order valence-corrected chi connectivity index (χ1v) is 7.39. The van der Waals surface area contributed by atoms with Crippen molar-refractivity contribution in [3.63, 3.8) is 0 Å². The van der Waals surface area contributed by atoms with E-state index >= 15 is 0 Å². The van der Waals surface area contributed by atoms with E-state index in [1.807, 2.05) is 30.3 Å². The smallest absolute Gasteiger partial charge is 0.315 e. The SMILES string of the molecule is O=C(CNC(=O)NCc1ccco1)Nc1cnc2ccccc2c1. The molecular weight excluding hydrogens is 308 g/mol. The van der Waals surface area contributed by atoms with Crippen molar-refractivity contribution in [1.29, 1.82) is 0 Å². The standard InChI is InChI=1S/C17H16N4O3/c22-16(11-20-17(23)19-10-14-5-3-7-24-14)21-13-8-12-4-1-2-6-15(12)18-9-13/h1-9H,10-11H2,(H,21,22)(H2,19,20,23). The van der Waals surface area contributed by atoms with Gasteiger partial charge in [-0.2, -0.15) is 0 Å². The van der Waals surface area contributed by atoms with E-state index in [0.717, 1.165) is 10.9 Å². The molecule has 0 radical (unpaired) electrons. The number of amides is 3. The van der Waals surface area contributed by atoms with Crippen LogP contribution < -0.4 is 16.0 Å². The molecule has 3 rings (SSSR count). The second-order valence-corrected chi connectivity index (χ2v) is 5.08. The molecule has 0 spiro atoms. The number of nitrogens with zero attached hydrogens (tertiary/aromatic N) is 1. The van der Waals surface area contributed by atoms with Crippen LogP contribution in [0.3, 0.4) is 0 Å². The minimum absolute atomic E-state index is 0.142. The number of aromatic nitrogens is 1. The minimum atomic E-state index is -0.446. The van der Waals surface area contributed by atoms with Crippen LogP contribution in [0.25, 0.3) is 10.9 Å². The summed E-state index contributed by atoms with van der Waals surface area (Å²) in [7, 11) is 0. The van der Waals surface area contributed by atoms with E-state index in [1.54, 1.807) is 18.3 Å². The number of hydrogen-bond donors (Lipinski definition) is 3. The Morgan fingerprint density at radius 2 is 1.96 bits per heavy atom. The Hall–Kier alpha value is -3.35. The summed E-state index contributed by atoms with van der Waals surface area (Å²) in [5.74, 6) is 0.303. The van der Waals surface area contributed by atoms with E-state index in [4.69, 9.17) is 4.42 Å². The van der Waals surface area contributed by atoms with Gasteiger partial charge >= 0.3 is 6.03 Å². The highest BCUT2D eigenvalue weighted by molar-refractivity contribution is 5.95. The summed E-state index contributed by atoms with van der Waals surface area (Å²) in [5, 5.41) is 8.70. The van der Waals surface area contributed by atoms with Crippen LogP contribution in [-0.4, -0.2) is 23.5 Å². The molecule has 0 aliphatic rings. The highest BCUT2D eigenvalue weighted by Crippen LogP contribution is 2.15. The zero-order chi connectivity index (χ0) is 16.8. The number of benzene rings is 1. The van der Waals surface area contributed by atoms with E-state index in [-0.39, 0.29) is 19.0 Å². The van der Waals surface area contributed by atoms with Crippen LogP contribution in [0.1, 0.15) is 5.76 Å². The third kappa shape index (κ3) is 4.10. The summed E-state index contributed by atoms with van der Waals surface area (Å²) >= 11 is 0. The van der Waals surface area contributed by atoms with Crippen molar-refractivity contribution in [2.75, 3.05) is 11.9 Å². The number of furan rings is 1. The Morgan fingerprint density at radius 1 is 1.08 bits per heavy atom. The average Bonchev–Trinajstić information content (AvgIpc) is 3.11. The summed E-state index contributed by atoms with van der Waals surface area (Å²) in [6.45, 7) is 0.117. The van der Waals surface area contributed by atoms with Gasteiger partial charge in [-0.3, -0.25) is 9.78 Å². The van der Waals surface area contributed by atoms with Crippen molar-refractivity contribution < 1.29 is 14.0 Å². The van der Waals surface area contributed by atoms with Gasteiger partial charge in [-0.15, -0.1) is 0 Å². The molecule has 0 bridgehead atoms. The number of pyridine rings is 1. The molecule has 24 heavy (non-hydrogen) atoms. The Balaban J connectivity index is 1.46. The number of carbonyl (C=O) groups excluding carboxylic acids is 2. The Morgan fingerprint density at radius 3 is 2.79 bits per heavy atom. The number of para-hydroxylation sites is 1. The largest absolute Gasteiger partial charge is 0.467 e. The van der Waals surface area contributed by atoms with Crippen LogP contribution in [0.4, 0.5) is 10.5 Å². The maximum absolute atomic E-state index is 11.9. The number of rotatable bonds is 5. The number of fused-ring (bicyclic) bond motifs is 1. The topological polar surface area (TPSA) is 96.3 Å². The van der Waals surface area contributed by atoms with Gasteiger partial charge in [-0.05, 0) is 24.3 Å². The zero-order valence-electron chi connectivity index (χ0n) is 12.8. The van der Waals surface area contributed by atoms with Crippen LogP contribution in [0.5, 0.6) is 0 Å². The van der Waals surface area contributed by atoms with Crippen molar-refractivity contribution in [3.05, 3.63) is 60.7 Å². The Bertz CT molecular complexity index is 846. The molecule has 0 atom stereocenters. The monoisotopic (exact) mass is 324 g/mol. The normalized spacial score (nSPS) is 10.3. The molecule has 0 unspecified atom stereocenters. The molecule has 1 aromatic carbocycles. The average molecular weight is 324 g/mol. The maximum Gasteiger partial charge on any atom is 0.315 e. The third-order valence-corrected chi connectivity index (χ3v) is 3.29. The molecule has 122 valence electrons. The van der Waals surface area contributed by atoms with Crippen molar-refractivity contribution in [3.8, 4) is 0 Å². The zero-order valence-corrected chi connectivity index (χ0v) is 12.8. The number of nitrogens with one attached hydrogen (secondary N) is 3. The van der Waals surface area contributed by atoms with E-state index in [1.165, 1.54) is 6.26 Å². The lowest BCUT2D eigenvalue weighted by Crippen LogP contribution is -2.39. The molecule has 0 aliphatic carbocycles. The van der Waals surface area contributed by atoms with Gasteiger partial charge in [0.25, 0.3) is 0 Å². The molecule has 0 saturated carbocycles. The Kier molecular flexibility index (Phi) is 4.71. The van der Waals surface area contributed by atoms with Gasteiger partial charge in [0.2, 0.25) is 5.91 Å². The summed E-state index contributed by atoms with van der Waals surface area (Å²) < 4.78 is 5.09. The van der Waals surface area contributed by atoms with E-state index in [9.17, 15) is 9.59 Å². The molecule has 2 aromatic heterocycles. The molecule has 7 nitrogen and oxygen atoms in total. The lowest BCUT2D eigenvalue weighted by molar-refractivity contribution is -0.115. The molecule has 3 aromatic rings. The summed E-state index contributed by atoms with van der Waals surface area (Å²) in [6.07, 6.45) is 3.11. The number of urea groups is 1. The van der Waals surface area contributed by atoms with Gasteiger partial charge < -0.3 is 20.4 Å². The van der Waals surface area contributed by atoms with Crippen molar-refractivity contribution >= 4 is 28.5 Å². The van der Waals surface area contributed by atoms with Gasteiger partial charge in [0.05, 0.1) is 36.8 Å². The minimum Gasteiger partial charge on any atom is -0.467 e. The third-order valence-electron chi connectivity index (χ3n) is 3.29. The van der Waals surface area contributed by atoms with Crippen molar-refractivity contribution in [2.45, 2.75) is 6.54 Å². The molecule has 3 N–H and O–H groups in total. The second kappa shape index (κ2) is 7.28. The van der Waals surface area contributed by atoms with E-state index in [2.05, 4.69) is 20.9 Å². The lowest BCUT2D eigenvalue weighted by atomic mass is 10.2. The van der Waals surface area contributed by atoms with Crippen molar-refractivity contribution in [2.24, 2.45) is 0 Å². The predicted octanol–water partition coefficient (Wildman–Crippen LogP) is 2.27. The van der Waals surface area contributed by atoms with Crippen LogP contribution in [0.2, 0.25) is 0 Å². The van der Waals surface area contributed by atoms with Crippen LogP contribution in [-0.2, 0) is 11.3 Å². The fourth-order valence-electron chi connectivity index (χ4n) is 2.15. The quantitative estimate of drug-likeness (QED) is 0.671. The molecule has 7 heteroatoms. The highest BCUT2D eigenvalue weighted by Gasteiger charge is 2.07. The fraction of sp³-hybridized carbons (Fsp3) is 0.118. The second-order valence-electron chi connectivity index (χ2n) is 5.08. The first-order chi connectivity index (χ1) is 11.7. The summed E-state index contributed by atoms with van der Waals surface area (Å²) in [4.78, 5) is 27.8. The fourth-order valence-corrected chi connectivity index (χ4v) is 2.15. The molecule has 0 saturated heterocycles. The molecule has 2 heterocycles. The maximum atomic E-state index is 11.9. The number of hydrogen-bond acceptors (Lipinski definition) is 4. The first-order valence-electron chi connectivity index (χ1n) is 7.39.